The fourth-order valence-electron chi connectivity index (χ4n) is 2.29. The lowest BCUT2D eigenvalue weighted by Gasteiger charge is -2.22. The van der Waals surface area contributed by atoms with E-state index in [0.29, 0.717) is 12.4 Å². The smallest absolute Gasteiger partial charge is 0.326 e. The number of nitrogens with zero attached hydrogens (tertiary/aromatic N) is 3. The van der Waals surface area contributed by atoms with Crippen LogP contribution in [0.4, 0.5) is 5.95 Å². The molecule has 0 aliphatic carbocycles. The minimum Gasteiger partial charge on any atom is -0.480 e. The van der Waals surface area contributed by atoms with Crippen molar-refractivity contribution in [2.75, 3.05) is 11.4 Å². The lowest BCUT2D eigenvalue weighted by Crippen LogP contribution is -2.37. The lowest BCUT2D eigenvalue weighted by atomic mass is 10.2. The Morgan fingerprint density at radius 3 is 2.50 bits per heavy atom. The zero-order valence-electron chi connectivity index (χ0n) is 10.9. The summed E-state index contributed by atoms with van der Waals surface area (Å²) in [5, 5.41) is 9.20. The third kappa shape index (κ3) is 2.44. The van der Waals surface area contributed by atoms with Crippen LogP contribution >= 0.6 is 0 Å². The summed E-state index contributed by atoms with van der Waals surface area (Å²) < 4.78 is 0. The summed E-state index contributed by atoms with van der Waals surface area (Å²) in [7, 11) is 0. The van der Waals surface area contributed by atoms with Crippen LogP contribution in [0.5, 0.6) is 0 Å². The van der Waals surface area contributed by atoms with Gasteiger partial charge in [-0.2, -0.15) is 0 Å². The molecule has 98 valence electrons. The molecule has 18 heavy (non-hydrogen) atoms. The van der Waals surface area contributed by atoms with Crippen molar-refractivity contribution in [2.45, 2.75) is 45.6 Å². The number of rotatable bonds is 4. The van der Waals surface area contributed by atoms with Gasteiger partial charge in [0.1, 0.15) is 6.04 Å². The molecule has 1 atom stereocenters. The molecule has 0 saturated carbocycles. The van der Waals surface area contributed by atoms with Crippen LogP contribution in [0.2, 0.25) is 0 Å². The van der Waals surface area contributed by atoms with Crippen molar-refractivity contribution in [1.29, 1.82) is 0 Å². The summed E-state index contributed by atoms with van der Waals surface area (Å²) in [4.78, 5) is 21.9. The quantitative estimate of drug-likeness (QED) is 0.879. The Bertz CT molecular complexity index is 426. The molecule has 1 saturated heterocycles. The highest BCUT2D eigenvalue weighted by atomic mass is 16.4. The van der Waals surface area contributed by atoms with Crippen LogP contribution in [-0.4, -0.2) is 33.6 Å². The van der Waals surface area contributed by atoms with Crippen molar-refractivity contribution in [3.63, 3.8) is 0 Å². The molecule has 1 N–H and O–H groups in total. The molecule has 0 unspecified atom stereocenters. The SMILES string of the molecule is CCc1cc(CC)nc(N2CCC[C@H]2C(=O)O)n1. The number of anilines is 1. The maximum absolute atomic E-state index is 11.2. The summed E-state index contributed by atoms with van der Waals surface area (Å²) in [6.07, 6.45) is 3.25. The third-order valence-corrected chi connectivity index (χ3v) is 3.34. The van der Waals surface area contributed by atoms with Crippen LogP contribution in [-0.2, 0) is 17.6 Å². The second-order valence-corrected chi connectivity index (χ2v) is 4.55. The number of aromatic nitrogens is 2. The Labute approximate surface area is 107 Å². The molecule has 2 rings (SSSR count). The second-order valence-electron chi connectivity index (χ2n) is 4.55. The molecule has 1 aromatic heterocycles. The van der Waals surface area contributed by atoms with Crippen molar-refractivity contribution in [3.8, 4) is 0 Å². The zero-order valence-corrected chi connectivity index (χ0v) is 10.9. The van der Waals surface area contributed by atoms with Crippen LogP contribution < -0.4 is 4.90 Å². The second kappa shape index (κ2) is 5.33. The predicted octanol–water partition coefficient (Wildman–Crippen LogP) is 1.65. The van der Waals surface area contributed by atoms with E-state index in [9.17, 15) is 9.90 Å². The van der Waals surface area contributed by atoms with Gasteiger partial charge in [0.25, 0.3) is 0 Å². The Morgan fingerprint density at radius 1 is 1.39 bits per heavy atom. The molecule has 1 aliphatic heterocycles. The first-order chi connectivity index (χ1) is 8.65. The number of hydrogen-bond donors (Lipinski definition) is 1. The van der Waals surface area contributed by atoms with Gasteiger partial charge in [-0.1, -0.05) is 13.8 Å². The van der Waals surface area contributed by atoms with Crippen molar-refractivity contribution in [1.82, 2.24) is 9.97 Å². The average Bonchev–Trinajstić information content (AvgIpc) is 2.87. The van der Waals surface area contributed by atoms with Gasteiger partial charge in [0.05, 0.1) is 0 Å². The van der Waals surface area contributed by atoms with Crippen molar-refractivity contribution in [2.24, 2.45) is 0 Å². The zero-order chi connectivity index (χ0) is 13.1. The Hall–Kier alpha value is -1.65. The number of carboxylic acid groups (broad SMARTS) is 1. The molecule has 0 spiro atoms. The Kier molecular flexibility index (Phi) is 3.79. The molecule has 1 aliphatic rings. The van der Waals surface area contributed by atoms with Gasteiger partial charge in [0.15, 0.2) is 0 Å². The van der Waals surface area contributed by atoms with E-state index in [1.54, 1.807) is 0 Å². The van der Waals surface area contributed by atoms with Gasteiger partial charge < -0.3 is 10.0 Å². The monoisotopic (exact) mass is 249 g/mol. The van der Waals surface area contributed by atoms with Gasteiger partial charge in [-0.05, 0) is 31.7 Å². The first-order valence-electron chi connectivity index (χ1n) is 6.52. The summed E-state index contributed by atoms with van der Waals surface area (Å²) in [5.74, 6) is -0.202. The van der Waals surface area contributed by atoms with E-state index in [1.165, 1.54) is 0 Å². The molecule has 5 nitrogen and oxygen atoms in total. The highest BCUT2D eigenvalue weighted by Gasteiger charge is 2.32. The van der Waals surface area contributed by atoms with E-state index in [4.69, 9.17) is 0 Å². The minimum absolute atomic E-state index is 0.471. The van der Waals surface area contributed by atoms with Crippen molar-refractivity contribution >= 4 is 11.9 Å². The predicted molar refractivity (Wildman–Crippen MR) is 68.8 cm³/mol. The average molecular weight is 249 g/mol. The van der Waals surface area contributed by atoms with E-state index in [1.807, 2.05) is 24.8 Å². The molecule has 5 heteroatoms. The van der Waals surface area contributed by atoms with Crippen LogP contribution in [0, 0.1) is 0 Å². The Balaban J connectivity index is 2.34. The summed E-state index contributed by atoms with van der Waals surface area (Å²) in [6, 6.07) is 1.52. The maximum atomic E-state index is 11.2. The summed E-state index contributed by atoms with van der Waals surface area (Å²) in [5.41, 5.74) is 1.96. The van der Waals surface area contributed by atoms with E-state index < -0.39 is 12.0 Å². The summed E-state index contributed by atoms with van der Waals surface area (Å²) in [6.45, 7) is 4.82. The molecule has 1 aromatic rings. The van der Waals surface area contributed by atoms with E-state index in [2.05, 4.69) is 9.97 Å². The highest BCUT2D eigenvalue weighted by molar-refractivity contribution is 5.78. The van der Waals surface area contributed by atoms with Crippen LogP contribution in [0.1, 0.15) is 38.1 Å². The topological polar surface area (TPSA) is 66.3 Å². The first-order valence-corrected chi connectivity index (χ1v) is 6.52. The maximum Gasteiger partial charge on any atom is 0.326 e. The first kappa shape index (κ1) is 12.8. The van der Waals surface area contributed by atoms with Crippen LogP contribution in [0.25, 0.3) is 0 Å². The molecule has 0 radical (unpaired) electrons. The van der Waals surface area contributed by atoms with Crippen LogP contribution in [0.3, 0.4) is 0 Å². The Morgan fingerprint density at radius 2 is 2.00 bits per heavy atom. The molecule has 2 heterocycles. The fraction of sp³-hybridized carbons (Fsp3) is 0.615. The number of carbonyl (C=O) groups is 1. The molecule has 0 aromatic carbocycles. The lowest BCUT2D eigenvalue weighted by molar-refractivity contribution is -0.138. The minimum atomic E-state index is -0.781. The van der Waals surface area contributed by atoms with Gasteiger partial charge in [-0.25, -0.2) is 14.8 Å². The number of carboxylic acids is 1. The van der Waals surface area contributed by atoms with E-state index in [-0.39, 0.29) is 0 Å². The fourth-order valence-corrected chi connectivity index (χ4v) is 2.29. The molecule has 1 fully saturated rings. The van der Waals surface area contributed by atoms with Crippen molar-refractivity contribution in [3.05, 3.63) is 17.5 Å². The number of hydrogen-bond acceptors (Lipinski definition) is 4. The van der Waals surface area contributed by atoms with Gasteiger partial charge in [0.2, 0.25) is 5.95 Å². The van der Waals surface area contributed by atoms with Crippen molar-refractivity contribution < 1.29 is 9.90 Å². The van der Waals surface area contributed by atoms with Crippen LogP contribution in [0.15, 0.2) is 6.07 Å². The van der Waals surface area contributed by atoms with E-state index >= 15 is 0 Å². The largest absolute Gasteiger partial charge is 0.480 e. The highest BCUT2D eigenvalue weighted by Crippen LogP contribution is 2.23. The molecular weight excluding hydrogens is 230 g/mol. The van der Waals surface area contributed by atoms with E-state index in [0.717, 1.165) is 37.2 Å². The molecule has 0 bridgehead atoms. The van der Waals surface area contributed by atoms with Gasteiger partial charge >= 0.3 is 5.97 Å². The van der Waals surface area contributed by atoms with Gasteiger partial charge in [0, 0.05) is 17.9 Å². The molecular formula is C13H19N3O2. The third-order valence-electron chi connectivity index (χ3n) is 3.34. The van der Waals surface area contributed by atoms with Gasteiger partial charge in [-0.3, -0.25) is 0 Å². The standard InChI is InChI=1S/C13H19N3O2/c1-3-9-8-10(4-2)15-13(14-9)16-7-5-6-11(16)12(17)18/h8,11H,3-7H2,1-2H3,(H,17,18)/t11-/m0/s1. The van der Waals surface area contributed by atoms with Gasteiger partial charge in [-0.15, -0.1) is 0 Å². The summed E-state index contributed by atoms with van der Waals surface area (Å²) >= 11 is 0. The number of aryl methyl sites for hydroxylation is 2. The molecule has 0 amide bonds. The number of aliphatic carboxylic acids is 1. The normalized spacial score (nSPS) is 19.2.